The highest BCUT2D eigenvalue weighted by Crippen LogP contribution is 2.50. The highest BCUT2D eigenvalue weighted by molar-refractivity contribution is 5.93. The van der Waals surface area contributed by atoms with Crippen molar-refractivity contribution in [3.05, 3.63) is 105 Å². The van der Waals surface area contributed by atoms with Crippen molar-refractivity contribution in [3.63, 3.8) is 0 Å². The van der Waals surface area contributed by atoms with Crippen LogP contribution in [0.15, 0.2) is 72.8 Å². The van der Waals surface area contributed by atoms with Gasteiger partial charge in [-0.1, -0.05) is 48.5 Å². The van der Waals surface area contributed by atoms with Gasteiger partial charge < -0.3 is 9.72 Å². The predicted molar refractivity (Wildman–Crippen MR) is 137 cm³/mol. The van der Waals surface area contributed by atoms with E-state index >= 15 is 0 Å². The zero-order chi connectivity index (χ0) is 24.0. The summed E-state index contributed by atoms with van der Waals surface area (Å²) in [6.45, 7) is 2.89. The van der Waals surface area contributed by atoms with E-state index in [-0.39, 0.29) is 16.0 Å². The average Bonchev–Trinajstić information content (AvgIpc) is 3.25. The molecule has 0 amide bonds. The number of piperidine rings is 1. The molecule has 1 aromatic heterocycles. The van der Waals surface area contributed by atoms with Gasteiger partial charge >= 0.3 is 0 Å². The lowest BCUT2D eigenvalue weighted by Crippen LogP contribution is -2.53. The molecule has 1 saturated heterocycles. The van der Waals surface area contributed by atoms with Crippen LogP contribution in [0, 0.1) is 16.0 Å². The molecule has 0 saturated carbocycles. The number of nitro groups is 1. The first-order valence-corrected chi connectivity index (χ1v) is 12.2. The van der Waals surface area contributed by atoms with Gasteiger partial charge in [-0.3, -0.25) is 15.0 Å². The van der Waals surface area contributed by atoms with Crippen LogP contribution in [-0.4, -0.2) is 35.0 Å². The number of H-pyrrole nitrogens is 1. The molecule has 0 radical (unpaired) electrons. The Morgan fingerprint density at radius 2 is 1.94 bits per heavy atom. The Labute approximate surface area is 204 Å². The minimum atomic E-state index is -0.247. The summed E-state index contributed by atoms with van der Waals surface area (Å²) in [7, 11) is 1.71. The fraction of sp³-hybridized carbons (Fsp3) is 0.310. The van der Waals surface area contributed by atoms with Crippen LogP contribution in [-0.2, 0) is 24.8 Å². The van der Waals surface area contributed by atoms with Crippen LogP contribution in [0.25, 0.3) is 10.9 Å². The van der Waals surface area contributed by atoms with Gasteiger partial charge in [0.1, 0.15) is 5.75 Å². The molecule has 1 aliphatic heterocycles. The number of rotatable bonds is 5. The number of ether oxygens (including phenoxy) is 1. The van der Waals surface area contributed by atoms with Gasteiger partial charge in [0.15, 0.2) is 0 Å². The lowest BCUT2D eigenvalue weighted by molar-refractivity contribution is -0.383. The van der Waals surface area contributed by atoms with Gasteiger partial charge in [-0.25, -0.2) is 0 Å². The molecule has 35 heavy (non-hydrogen) atoms. The first kappa shape index (κ1) is 21.9. The van der Waals surface area contributed by atoms with E-state index in [1.165, 1.54) is 11.1 Å². The average molecular weight is 468 g/mol. The molecular weight excluding hydrogens is 438 g/mol. The highest BCUT2D eigenvalue weighted by Gasteiger charge is 2.48. The van der Waals surface area contributed by atoms with E-state index in [0.717, 1.165) is 66.8 Å². The van der Waals surface area contributed by atoms with Gasteiger partial charge in [-0.15, -0.1) is 0 Å². The van der Waals surface area contributed by atoms with Crippen molar-refractivity contribution in [2.45, 2.75) is 31.2 Å². The van der Waals surface area contributed by atoms with Crippen LogP contribution in [0.3, 0.4) is 0 Å². The maximum absolute atomic E-state index is 11.9. The number of likely N-dealkylation sites (tertiary alicyclic amines) is 1. The fourth-order valence-corrected chi connectivity index (χ4v) is 6.47. The first-order chi connectivity index (χ1) is 17.1. The van der Waals surface area contributed by atoms with Gasteiger partial charge in [-0.2, -0.15) is 0 Å². The van der Waals surface area contributed by atoms with E-state index < -0.39 is 0 Å². The van der Waals surface area contributed by atoms with Crippen molar-refractivity contribution in [1.29, 1.82) is 0 Å². The molecule has 178 valence electrons. The van der Waals surface area contributed by atoms with Crippen molar-refractivity contribution in [2.24, 2.45) is 5.92 Å². The molecule has 2 heterocycles. The molecule has 1 unspecified atom stereocenters. The largest absolute Gasteiger partial charge is 0.497 e. The number of hydrogen-bond acceptors (Lipinski definition) is 4. The standard InChI is InChI=1S/C29H29N3O3/c1-35-23-10-5-9-21(15-23)29-13-14-31(18-20-7-3-2-4-8-20)19-22(29)16-24-26(17-29)30-25-11-6-12-27(28(24)25)32(33)34/h2-12,15,22,30H,13-14,16-19H2,1H3/t22?,29-/m0/s1. The van der Waals surface area contributed by atoms with E-state index in [2.05, 4.69) is 58.4 Å². The molecule has 0 bridgehead atoms. The zero-order valence-electron chi connectivity index (χ0n) is 19.9. The van der Waals surface area contributed by atoms with Crippen LogP contribution >= 0.6 is 0 Å². The smallest absolute Gasteiger partial charge is 0.279 e. The second kappa shape index (κ2) is 8.54. The van der Waals surface area contributed by atoms with Crippen LogP contribution < -0.4 is 4.74 Å². The van der Waals surface area contributed by atoms with Crippen molar-refractivity contribution in [2.75, 3.05) is 20.2 Å². The Morgan fingerprint density at radius 3 is 2.74 bits per heavy atom. The number of benzene rings is 3. The van der Waals surface area contributed by atoms with Crippen LogP contribution in [0.1, 0.15) is 28.8 Å². The molecule has 1 aliphatic carbocycles. The Hall–Kier alpha value is -3.64. The summed E-state index contributed by atoms with van der Waals surface area (Å²) in [5, 5.41) is 12.6. The SMILES string of the molecule is COc1cccc([C@@]23CCN(Cc4ccccc4)CC2Cc2c([nH]c4cccc([N+](=O)[O-])c24)C3)c1. The number of non-ortho nitro benzene ring substituents is 1. The first-order valence-electron chi connectivity index (χ1n) is 12.2. The van der Waals surface area contributed by atoms with Crippen LogP contribution in [0.2, 0.25) is 0 Å². The van der Waals surface area contributed by atoms with E-state index in [1.807, 2.05) is 12.1 Å². The third-order valence-electron chi connectivity index (χ3n) is 8.16. The molecule has 2 atom stereocenters. The summed E-state index contributed by atoms with van der Waals surface area (Å²) in [5.41, 5.74) is 5.92. The van der Waals surface area contributed by atoms with Gasteiger partial charge in [0, 0.05) is 30.3 Å². The molecule has 3 aromatic carbocycles. The molecule has 2 aliphatic rings. The number of nitro benzene ring substituents is 1. The summed E-state index contributed by atoms with van der Waals surface area (Å²) in [6.07, 6.45) is 2.71. The van der Waals surface area contributed by atoms with Crippen molar-refractivity contribution in [1.82, 2.24) is 9.88 Å². The summed E-state index contributed by atoms with van der Waals surface area (Å²) in [4.78, 5) is 17.7. The lowest BCUT2D eigenvalue weighted by atomic mass is 9.58. The molecule has 6 heteroatoms. The highest BCUT2D eigenvalue weighted by atomic mass is 16.6. The monoisotopic (exact) mass is 467 g/mol. The molecule has 1 fully saturated rings. The third kappa shape index (κ3) is 3.69. The van der Waals surface area contributed by atoms with Crippen LogP contribution in [0.5, 0.6) is 5.75 Å². The van der Waals surface area contributed by atoms with Crippen molar-refractivity contribution < 1.29 is 9.66 Å². The van der Waals surface area contributed by atoms with E-state index in [9.17, 15) is 10.1 Å². The maximum Gasteiger partial charge on any atom is 0.279 e. The molecular formula is C29H29N3O3. The van der Waals surface area contributed by atoms with E-state index in [1.54, 1.807) is 19.2 Å². The number of aromatic amines is 1. The molecule has 6 nitrogen and oxygen atoms in total. The topological polar surface area (TPSA) is 71.4 Å². The second-order valence-electron chi connectivity index (χ2n) is 9.98. The van der Waals surface area contributed by atoms with Crippen LogP contribution in [0.4, 0.5) is 5.69 Å². The normalized spacial score (nSPS) is 21.9. The summed E-state index contributed by atoms with van der Waals surface area (Å²) < 4.78 is 5.59. The Bertz CT molecular complexity index is 1400. The number of nitrogens with zero attached hydrogens (tertiary/aromatic N) is 2. The van der Waals surface area contributed by atoms with Gasteiger partial charge in [-0.05, 0) is 66.6 Å². The van der Waals surface area contributed by atoms with Crippen molar-refractivity contribution in [3.8, 4) is 5.75 Å². The number of nitrogens with one attached hydrogen (secondary N) is 1. The van der Waals surface area contributed by atoms with E-state index in [4.69, 9.17) is 4.74 Å². The number of aromatic nitrogens is 1. The Balaban J connectivity index is 1.44. The number of fused-ring (bicyclic) bond motifs is 4. The molecule has 6 rings (SSSR count). The third-order valence-corrected chi connectivity index (χ3v) is 8.16. The van der Waals surface area contributed by atoms with Gasteiger partial charge in [0.05, 0.1) is 22.9 Å². The van der Waals surface area contributed by atoms with Crippen molar-refractivity contribution >= 4 is 16.6 Å². The summed E-state index contributed by atoms with van der Waals surface area (Å²) in [6, 6.07) is 24.5. The molecule has 0 spiro atoms. The quantitative estimate of drug-likeness (QED) is 0.304. The second-order valence-corrected chi connectivity index (χ2v) is 9.98. The predicted octanol–water partition coefficient (Wildman–Crippen LogP) is 5.64. The van der Waals surface area contributed by atoms with Gasteiger partial charge in [0.25, 0.3) is 5.69 Å². The Morgan fingerprint density at radius 1 is 1.11 bits per heavy atom. The lowest BCUT2D eigenvalue weighted by Gasteiger charge is -2.51. The zero-order valence-corrected chi connectivity index (χ0v) is 19.9. The van der Waals surface area contributed by atoms with Gasteiger partial charge in [0.2, 0.25) is 0 Å². The summed E-state index contributed by atoms with van der Waals surface area (Å²) in [5.74, 6) is 1.22. The Kier molecular flexibility index (Phi) is 5.33. The summed E-state index contributed by atoms with van der Waals surface area (Å²) >= 11 is 0. The number of hydrogen-bond donors (Lipinski definition) is 1. The minimum absolute atomic E-state index is 0.0373. The molecule has 4 aromatic rings. The maximum atomic E-state index is 11.9. The minimum Gasteiger partial charge on any atom is -0.497 e. The number of methoxy groups -OCH3 is 1. The van der Waals surface area contributed by atoms with E-state index in [0.29, 0.717) is 5.92 Å². The fourth-order valence-electron chi connectivity index (χ4n) is 6.47. The molecule has 1 N–H and O–H groups in total.